The molecular formula is C22H16F3N3O2S. The van der Waals surface area contributed by atoms with Gasteiger partial charge in [-0.2, -0.15) is 13.2 Å². The lowest BCUT2D eigenvalue weighted by Gasteiger charge is -2.16. The van der Waals surface area contributed by atoms with Gasteiger partial charge >= 0.3 is 6.18 Å². The third-order valence-electron chi connectivity index (χ3n) is 4.77. The van der Waals surface area contributed by atoms with Gasteiger partial charge in [0.25, 0.3) is 5.91 Å². The molecule has 1 N–H and O–H groups in total. The average Bonchev–Trinajstić information content (AvgIpc) is 3.25. The van der Waals surface area contributed by atoms with Crippen molar-refractivity contribution in [3.8, 4) is 0 Å². The Labute approximate surface area is 179 Å². The number of alkyl halides is 3. The van der Waals surface area contributed by atoms with E-state index < -0.39 is 17.6 Å². The number of anilines is 1. The summed E-state index contributed by atoms with van der Waals surface area (Å²) in [6.07, 6.45) is -2.63. The van der Waals surface area contributed by atoms with Crippen LogP contribution in [-0.2, 0) is 17.4 Å². The van der Waals surface area contributed by atoms with Crippen molar-refractivity contribution in [1.29, 1.82) is 0 Å². The average molecular weight is 443 g/mol. The summed E-state index contributed by atoms with van der Waals surface area (Å²) in [4.78, 5) is 31.0. The van der Waals surface area contributed by atoms with Gasteiger partial charge in [0.1, 0.15) is 6.54 Å². The Hall–Kier alpha value is -3.46. The Kier molecular flexibility index (Phi) is 5.36. The van der Waals surface area contributed by atoms with Gasteiger partial charge in [0.2, 0.25) is 5.91 Å². The molecule has 0 unspecified atom stereocenters. The fourth-order valence-electron chi connectivity index (χ4n) is 3.31. The summed E-state index contributed by atoms with van der Waals surface area (Å²) in [5, 5.41) is 2.94. The maximum Gasteiger partial charge on any atom is 0.416 e. The van der Waals surface area contributed by atoms with Crippen LogP contribution in [0.5, 0.6) is 0 Å². The maximum atomic E-state index is 12.9. The minimum Gasteiger partial charge on any atom is -0.300 e. The van der Waals surface area contributed by atoms with Gasteiger partial charge in [-0.15, -0.1) is 11.3 Å². The highest BCUT2D eigenvalue weighted by Crippen LogP contribution is 2.32. The molecule has 4 rings (SSSR count). The number of carbonyl (C=O) groups is 2. The number of hydrogen-bond acceptors (Lipinski definition) is 4. The van der Waals surface area contributed by atoms with Crippen molar-refractivity contribution in [2.24, 2.45) is 0 Å². The number of halogens is 3. The van der Waals surface area contributed by atoms with Crippen molar-refractivity contribution < 1.29 is 22.8 Å². The fraction of sp³-hybridized carbons (Fsp3) is 0.136. The second-order valence-corrected chi connectivity index (χ2v) is 8.05. The summed E-state index contributed by atoms with van der Waals surface area (Å²) in [6, 6.07) is 12.1. The number of benzene rings is 2. The smallest absolute Gasteiger partial charge is 0.300 e. The molecule has 1 aromatic heterocycles. The van der Waals surface area contributed by atoms with Crippen LogP contribution in [0.2, 0.25) is 0 Å². The van der Waals surface area contributed by atoms with Crippen LogP contribution < -0.4 is 5.32 Å². The highest BCUT2D eigenvalue weighted by molar-refractivity contribution is 7.15. The highest BCUT2D eigenvalue weighted by atomic mass is 32.1. The molecule has 0 saturated carbocycles. The molecule has 3 aromatic rings. The molecule has 2 heterocycles. The molecule has 0 radical (unpaired) electrons. The molecule has 1 aliphatic rings. The number of thiazole rings is 1. The Balaban J connectivity index is 1.39. The van der Waals surface area contributed by atoms with Crippen LogP contribution in [0, 0.1) is 0 Å². The Morgan fingerprint density at radius 3 is 2.58 bits per heavy atom. The molecule has 9 heteroatoms. The van der Waals surface area contributed by atoms with Crippen LogP contribution in [-0.4, -0.2) is 28.2 Å². The number of carbonyl (C=O) groups excluding carboxylic acids is 2. The van der Waals surface area contributed by atoms with E-state index in [-0.39, 0.29) is 18.9 Å². The number of nitrogens with zero attached hydrogens (tertiary/aromatic N) is 2. The Bertz CT molecular complexity index is 1150. The minimum absolute atomic E-state index is 0.213. The lowest BCUT2D eigenvalue weighted by molar-refractivity contribution is -0.137. The summed E-state index contributed by atoms with van der Waals surface area (Å²) in [5.41, 5.74) is 1.43. The van der Waals surface area contributed by atoms with Crippen molar-refractivity contribution in [2.45, 2.75) is 12.6 Å². The van der Waals surface area contributed by atoms with E-state index in [1.165, 1.54) is 28.5 Å². The second kappa shape index (κ2) is 7.99. The van der Waals surface area contributed by atoms with Gasteiger partial charge in [0.15, 0.2) is 5.13 Å². The predicted molar refractivity (Wildman–Crippen MR) is 112 cm³/mol. The van der Waals surface area contributed by atoms with Crippen molar-refractivity contribution in [3.63, 3.8) is 0 Å². The van der Waals surface area contributed by atoms with Gasteiger partial charge in [0.05, 0.1) is 5.56 Å². The fourth-order valence-corrected chi connectivity index (χ4v) is 4.17. The first kappa shape index (κ1) is 20.8. The van der Waals surface area contributed by atoms with E-state index in [9.17, 15) is 22.8 Å². The van der Waals surface area contributed by atoms with E-state index in [2.05, 4.69) is 16.9 Å². The molecule has 0 spiro atoms. The summed E-state index contributed by atoms with van der Waals surface area (Å²) < 4.78 is 38.6. The lowest BCUT2D eigenvalue weighted by atomic mass is 10.1. The van der Waals surface area contributed by atoms with Crippen molar-refractivity contribution in [3.05, 3.63) is 88.4 Å². The maximum absolute atomic E-state index is 12.9. The molecule has 0 aliphatic carbocycles. The predicted octanol–water partition coefficient (Wildman–Crippen LogP) is 4.82. The van der Waals surface area contributed by atoms with Crippen LogP contribution in [0.1, 0.15) is 31.9 Å². The third kappa shape index (κ3) is 4.36. The quantitative estimate of drug-likeness (QED) is 0.615. The molecule has 2 aromatic carbocycles. The summed E-state index contributed by atoms with van der Waals surface area (Å²) in [7, 11) is 0. The molecule has 0 bridgehead atoms. The topological polar surface area (TPSA) is 62.3 Å². The SMILES string of the molecule is C=C1c2ccccc2C(=O)N1CC(=O)Nc1ncc(Cc2cccc(C(F)(F)F)c2)s1. The summed E-state index contributed by atoms with van der Waals surface area (Å²) >= 11 is 1.17. The van der Waals surface area contributed by atoms with Crippen LogP contribution in [0.4, 0.5) is 18.3 Å². The zero-order valence-corrected chi connectivity index (χ0v) is 16.9. The molecule has 0 saturated heterocycles. The van der Waals surface area contributed by atoms with E-state index in [4.69, 9.17) is 0 Å². The molecule has 31 heavy (non-hydrogen) atoms. The first-order chi connectivity index (χ1) is 14.7. The summed E-state index contributed by atoms with van der Waals surface area (Å²) in [5.74, 6) is -0.734. The zero-order chi connectivity index (χ0) is 22.2. The van der Waals surface area contributed by atoms with E-state index >= 15 is 0 Å². The highest BCUT2D eigenvalue weighted by Gasteiger charge is 2.32. The monoisotopic (exact) mass is 443 g/mol. The second-order valence-electron chi connectivity index (χ2n) is 6.94. The lowest BCUT2D eigenvalue weighted by Crippen LogP contribution is -2.32. The van der Waals surface area contributed by atoms with Gasteiger partial charge in [-0.3, -0.25) is 14.5 Å². The van der Waals surface area contributed by atoms with Crippen LogP contribution >= 0.6 is 11.3 Å². The molecular weight excluding hydrogens is 427 g/mol. The Morgan fingerprint density at radius 1 is 1.13 bits per heavy atom. The van der Waals surface area contributed by atoms with Gasteiger partial charge in [0, 0.05) is 34.3 Å². The first-order valence-electron chi connectivity index (χ1n) is 9.23. The van der Waals surface area contributed by atoms with Crippen molar-refractivity contribution >= 4 is 34.0 Å². The minimum atomic E-state index is -4.40. The third-order valence-corrected chi connectivity index (χ3v) is 5.69. The van der Waals surface area contributed by atoms with Crippen LogP contribution in [0.3, 0.4) is 0 Å². The van der Waals surface area contributed by atoms with E-state index in [0.29, 0.717) is 32.4 Å². The molecule has 0 atom stereocenters. The van der Waals surface area contributed by atoms with Gasteiger partial charge in [-0.1, -0.05) is 43.0 Å². The molecule has 0 fully saturated rings. The first-order valence-corrected chi connectivity index (χ1v) is 10.0. The van der Waals surface area contributed by atoms with Crippen LogP contribution in [0.15, 0.2) is 61.3 Å². The van der Waals surface area contributed by atoms with E-state index in [1.807, 2.05) is 0 Å². The molecule has 5 nitrogen and oxygen atoms in total. The normalized spacial score (nSPS) is 13.5. The van der Waals surface area contributed by atoms with Crippen LogP contribution in [0.25, 0.3) is 5.70 Å². The van der Waals surface area contributed by atoms with E-state index in [0.717, 1.165) is 12.1 Å². The number of fused-ring (bicyclic) bond motifs is 1. The number of hydrogen-bond donors (Lipinski definition) is 1. The van der Waals surface area contributed by atoms with Gasteiger partial charge < -0.3 is 5.32 Å². The molecule has 158 valence electrons. The standard InChI is InChI=1S/C22H16F3N3O2S/c1-13-17-7-2-3-8-18(17)20(30)28(13)12-19(29)27-21-26-11-16(31-21)10-14-5-4-6-15(9-14)22(23,24)25/h2-9,11H,1,10,12H2,(H,26,27,29). The van der Waals surface area contributed by atoms with E-state index in [1.54, 1.807) is 30.3 Å². The van der Waals surface area contributed by atoms with Crippen molar-refractivity contribution in [1.82, 2.24) is 9.88 Å². The summed E-state index contributed by atoms with van der Waals surface area (Å²) in [6.45, 7) is 3.68. The van der Waals surface area contributed by atoms with Gasteiger partial charge in [-0.05, 0) is 17.7 Å². The molecule has 1 aliphatic heterocycles. The van der Waals surface area contributed by atoms with Gasteiger partial charge in [-0.25, -0.2) is 4.98 Å². The van der Waals surface area contributed by atoms with Crippen molar-refractivity contribution in [2.75, 3.05) is 11.9 Å². The Morgan fingerprint density at radius 2 is 1.87 bits per heavy atom. The molecule has 2 amide bonds. The zero-order valence-electron chi connectivity index (χ0n) is 16.1. The number of nitrogens with one attached hydrogen (secondary N) is 1. The number of rotatable bonds is 5. The number of aromatic nitrogens is 1. The largest absolute Gasteiger partial charge is 0.416 e. The number of amides is 2.